The van der Waals surface area contributed by atoms with E-state index in [0.29, 0.717) is 11.3 Å². The standard InChI is InChI=1S/C17H24O3/c1-2-3-4-5-6-7-10-14-12-13-9-8-11-15(17(18)19)16(13)20-14/h8-9,11,14H,2-7,10,12H2,1H3,(H,18,19). The van der Waals surface area contributed by atoms with E-state index in [9.17, 15) is 4.79 Å². The van der Waals surface area contributed by atoms with E-state index in [1.54, 1.807) is 12.1 Å². The summed E-state index contributed by atoms with van der Waals surface area (Å²) in [7, 11) is 0. The maximum atomic E-state index is 11.1. The van der Waals surface area contributed by atoms with Crippen LogP contribution in [-0.2, 0) is 6.42 Å². The average Bonchev–Trinajstić information content (AvgIpc) is 2.84. The lowest BCUT2D eigenvalue weighted by Crippen LogP contribution is -2.13. The molecule has 1 aliphatic rings. The van der Waals surface area contributed by atoms with Crippen LogP contribution in [0.1, 0.15) is 67.8 Å². The van der Waals surface area contributed by atoms with Gasteiger partial charge in [0.25, 0.3) is 0 Å². The monoisotopic (exact) mass is 276 g/mol. The number of para-hydroxylation sites is 1. The minimum atomic E-state index is -0.901. The first-order chi connectivity index (χ1) is 9.72. The summed E-state index contributed by atoms with van der Waals surface area (Å²) in [4.78, 5) is 11.1. The van der Waals surface area contributed by atoms with Crippen molar-refractivity contribution in [1.29, 1.82) is 0 Å². The van der Waals surface area contributed by atoms with Crippen LogP contribution in [0.3, 0.4) is 0 Å². The molecule has 1 N–H and O–H groups in total. The van der Waals surface area contributed by atoms with Crippen LogP contribution in [0.25, 0.3) is 0 Å². The van der Waals surface area contributed by atoms with Gasteiger partial charge in [-0.15, -0.1) is 0 Å². The zero-order valence-corrected chi connectivity index (χ0v) is 12.2. The average molecular weight is 276 g/mol. The van der Waals surface area contributed by atoms with Crippen molar-refractivity contribution in [3.63, 3.8) is 0 Å². The predicted octanol–water partition coefficient (Wildman–Crippen LogP) is 4.44. The van der Waals surface area contributed by atoms with Gasteiger partial charge in [-0.3, -0.25) is 0 Å². The number of ether oxygens (including phenoxy) is 1. The van der Waals surface area contributed by atoms with Crippen molar-refractivity contribution in [1.82, 2.24) is 0 Å². The molecule has 0 saturated heterocycles. The number of carboxylic acids is 1. The highest BCUT2D eigenvalue weighted by atomic mass is 16.5. The number of carbonyl (C=O) groups is 1. The summed E-state index contributed by atoms with van der Waals surface area (Å²) < 4.78 is 5.85. The molecule has 0 fully saturated rings. The molecule has 1 aromatic rings. The molecule has 20 heavy (non-hydrogen) atoms. The number of hydrogen-bond acceptors (Lipinski definition) is 2. The Bertz CT molecular complexity index is 454. The van der Waals surface area contributed by atoms with Crippen molar-refractivity contribution in [2.24, 2.45) is 0 Å². The van der Waals surface area contributed by atoms with Gasteiger partial charge < -0.3 is 9.84 Å². The van der Waals surface area contributed by atoms with E-state index in [-0.39, 0.29) is 6.10 Å². The maximum Gasteiger partial charge on any atom is 0.339 e. The second-order valence-electron chi connectivity index (χ2n) is 5.60. The van der Waals surface area contributed by atoms with Gasteiger partial charge in [-0.1, -0.05) is 51.2 Å². The summed E-state index contributed by atoms with van der Waals surface area (Å²) >= 11 is 0. The molecule has 3 heteroatoms. The lowest BCUT2D eigenvalue weighted by atomic mass is 10.0. The second kappa shape index (κ2) is 7.32. The number of unbranched alkanes of at least 4 members (excludes halogenated alkanes) is 5. The normalized spacial score (nSPS) is 16.8. The minimum Gasteiger partial charge on any atom is -0.489 e. The van der Waals surface area contributed by atoms with Crippen molar-refractivity contribution >= 4 is 5.97 Å². The topological polar surface area (TPSA) is 46.5 Å². The highest BCUT2D eigenvalue weighted by molar-refractivity contribution is 5.91. The Hall–Kier alpha value is -1.51. The van der Waals surface area contributed by atoms with Crippen LogP contribution < -0.4 is 4.74 Å². The number of rotatable bonds is 8. The molecule has 1 aliphatic heterocycles. The van der Waals surface area contributed by atoms with E-state index >= 15 is 0 Å². The second-order valence-corrected chi connectivity index (χ2v) is 5.60. The van der Waals surface area contributed by atoms with Crippen LogP contribution in [0.5, 0.6) is 5.75 Å². The van der Waals surface area contributed by atoms with Gasteiger partial charge >= 0.3 is 5.97 Å². The Kier molecular flexibility index (Phi) is 5.45. The molecule has 1 atom stereocenters. The van der Waals surface area contributed by atoms with Crippen LogP contribution >= 0.6 is 0 Å². The number of hydrogen-bond donors (Lipinski definition) is 1. The molecule has 1 unspecified atom stereocenters. The zero-order valence-electron chi connectivity index (χ0n) is 12.2. The summed E-state index contributed by atoms with van der Waals surface area (Å²) in [6, 6.07) is 5.40. The Balaban J connectivity index is 1.78. The molecule has 2 rings (SSSR count). The van der Waals surface area contributed by atoms with Crippen molar-refractivity contribution in [3.05, 3.63) is 29.3 Å². The van der Waals surface area contributed by atoms with Crippen LogP contribution in [-0.4, -0.2) is 17.2 Å². The summed E-state index contributed by atoms with van der Waals surface area (Å²) in [6.07, 6.45) is 9.70. The van der Waals surface area contributed by atoms with Crippen molar-refractivity contribution in [2.75, 3.05) is 0 Å². The van der Waals surface area contributed by atoms with Gasteiger partial charge in [-0.25, -0.2) is 4.79 Å². The maximum absolute atomic E-state index is 11.1. The Morgan fingerprint density at radius 1 is 1.25 bits per heavy atom. The third kappa shape index (κ3) is 3.75. The number of aromatic carboxylic acids is 1. The van der Waals surface area contributed by atoms with Gasteiger partial charge in [-0.2, -0.15) is 0 Å². The van der Waals surface area contributed by atoms with Gasteiger partial charge in [-0.05, 0) is 24.5 Å². The smallest absolute Gasteiger partial charge is 0.339 e. The van der Waals surface area contributed by atoms with Gasteiger partial charge in [0.05, 0.1) is 0 Å². The van der Waals surface area contributed by atoms with E-state index < -0.39 is 5.97 Å². The van der Waals surface area contributed by atoms with Crippen molar-refractivity contribution in [3.8, 4) is 5.75 Å². The molecule has 0 spiro atoms. The number of carboxylic acid groups (broad SMARTS) is 1. The summed E-state index contributed by atoms with van der Waals surface area (Å²) in [5.41, 5.74) is 1.34. The number of benzene rings is 1. The molecular weight excluding hydrogens is 252 g/mol. The third-order valence-corrected chi connectivity index (χ3v) is 3.94. The zero-order chi connectivity index (χ0) is 14.4. The minimum absolute atomic E-state index is 0.164. The first-order valence-corrected chi connectivity index (χ1v) is 7.74. The van der Waals surface area contributed by atoms with Crippen LogP contribution in [0.15, 0.2) is 18.2 Å². The van der Waals surface area contributed by atoms with E-state index in [2.05, 4.69) is 6.92 Å². The molecule has 0 bridgehead atoms. The SMILES string of the molecule is CCCCCCCCC1Cc2cccc(C(=O)O)c2O1. The first kappa shape index (κ1) is 14.9. The third-order valence-electron chi connectivity index (χ3n) is 3.94. The predicted molar refractivity (Wildman–Crippen MR) is 79.5 cm³/mol. The molecule has 1 aromatic carbocycles. The quantitative estimate of drug-likeness (QED) is 0.714. The lowest BCUT2D eigenvalue weighted by molar-refractivity contribution is 0.0691. The van der Waals surface area contributed by atoms with Gasteiger partial charge in [0, 0.05) is 6.42 Å². The Labute approximate surface area is 121 Å². The fourth-order valence-corrected chi connectivity index (χ4v) is 2.82. The van der Waals surface area contributed by atoms with Gasteiger partial charge in [0.2, 0.25) is 0 Å². The number of fused-ring (bicyclic) bond motifs is 1. The highest BCUT2D eigenvalue weighted by Crippen LogP contribution is 2.34. The van der Waals surface area contributed by atoms with Crippen LogP contribution in [0.4, 0.5) is 0 Å². The van der Waals surface area contributed by atoms with Gasteiger partial charge in [0.1, 0.15) is 17.4 Å². The van der Waals surface area contributed by atoms with Crippen LogP contribution in [0, 0.1) is 0 Å². The fourth-order valence-electron chi connectivity index (χ4n) is 2.82. The molecule has 0 amide bonds. The molecule has 0 aliphatic carbocycles. The molecule has 0 radical (unpaired) electrons. The van der Waals surface area contributed by atoms with E-state index in [1.165, 1.54) is 38.5 Å². The van der Waals surface area contributed by atoms with Crippen molar-refractivity contribution < 1.29 is 14.6 Å². The summed E-state index contributed by atoms with van der Waals surface area (Å²) in [6.45, 7) is 2.23. The molecule has 3 nitrogen and oxygen atoms in total. The van der Waals surface area contributed by atoms with E-state index in [1.807, 2.05) is 6.07 Å². The Morgan fingerprint density at radius 3 is 2.75 bits per heavy atom. The van der Waals surface area contributed by atoms with E-state index in [0.717, 1.165) is 18.4 Å². The van der Waals surface area contributed by atoms with E-state index in [4.69, 9.17) is 9.84 Å². The first-order valence-electron chi connectivity index (χ1n) is 7.74. The largest absolute Gasteiger partial charge is 0.489 e. The Morgan fingerprint density at radius 2 is 2.00 bits per heavy atom. The summed E-state index contributed by atoms with van der Waals surface area (Å²) in [5.74, 6) is -0.307. The highest BCUT2D eigenvalue weighted by Gasteiger charge is 2.26. The van der Waals surface area contributed by atoms with Crippen LogP contribution in [0.2, 0.25) is 0 Å². The molecule has 0 saturated carbocycles. The fraction of sp³-hybridized carbons (Fsp3) is 0.588. The molecule has 0 aromatic heterocycles. The molecule has 110 valence electrons. The van der Waals surface area contributed by atoms with Gasteiger partial charge in [0.15, 0.2) is 0 Å². The molecule has 1 heterocycles. The lowest BCUT2D eigenvalue weighted by Gasteiger charge is -2.11. The summed E-state index contributed by atoms with van der Waals surface area (Å²) in [5, 5.41) is 9.15. The van der Waals surface area contributed by atoms with Crippen molar-refractivity contribution in [2.45, 2.75) is 64.4 Å². The molecular formula is C17H24O3.